The zero-order chi connectivity index (χ0) is 9.42. The second-order valence-corrected chi connectivity index (χ2v) is 3.40. The van der Waals surface area contributed by atoms with Crippen LogP contribution in [0.4, 0.5) is 5.69 Å². The van der Waals surface area contributed by atoms with E-state index in [9.17, 15) is 0 Å². The lowest BCUT2D eigenvalue weighted by molar-refractivity contribution is 0.713. The molecule has 0 saturated heterocycles. The highest BCUT2D eigenvalue weighted by atomic mass is 14.7. The first-order valence-corrected chi connectivity index (χ1v) is 4.30. The summed E-state index contributed by atoms with van der Waals surface area (Å²) in [5, 5.41) is 8.77. The molecule has 0 radical (unpaired) electrons. The van der Waals surface area contributed by atoms with Gasteiger partial charge in [-0.3, -0.25) is 0 Å². The van der Waals surface area contributed by atoms with Gasteiger partial charge in [0, 0.05) is 11.7 Å². The topological polar surface area (TPSA) is 75.8 Å². The highest BCUT2D eigenvalue weighted by molar-refractivity contribution is 5.59. The van der Waals surface area contributed by atoms with E-state index in [1.54, 1.807) is 0 Å². The number of nitrogens with two attached hydrogens (primary N) is 2. The van der Waals surface area contributed by atoms with E-state index >= 15 is 0 Å². The smallest absolute Gasteiger partial charge is 0.101 e. The van der Waals surface area contributed by atoms with E-state index in [0.717, 1.165) is 18.4 Å². The molecule has 0 bridgehead atoms. The maximum atomic E-state index is 8.77. The summed E-state index contributed by atoms with van der Waals surface area (Å²) in [4.78, 5) is 0. The predicted octanol–water partition coefficient (Wildman–Crippen LogP) is 1.09. The molecule has 3 nitrogen and oxygen atoms in total. The van der Waals surface area contributed by atoms with E-state index in [1.807, 2.05) is 12.1 Å². The van der Waals surface area contributed by atoms with Crippen LogP contribution < -0.4 is 11.5 Å². The largest absolute Gasteiger partial charge is 0.398 e. The number of fused-ring (bicyclic) bond motifs is 1. The van der Waals surface area contributed by atoms with Gasteiger partial charge in [0.15, 0.2) is 0 Å². The summed E-state index contributed by atoms with van der Waals surface area (Å²) in [7, 11) is 0. The number of aryl methyl sites for hydroxylation is 1. The van der Waals surface area contributed by atoms with Crippen molar-refractivity contribution in [3.8, 4) is 6.07 Å². The van der Waals surface area contributed by atoms with E-state index in [0.29, 0.717) is 11.3 Å². The molecule has 0 heterocycles. The van der Waals surface area contributed by atoms with Crippen molar-refractivity contribution < 1.29 is 0 Å². The molecule has 4 N–H and O–H groups in total. The molecule has 66 valence electrons. The second kappa shape index (κ2) is 2.75. The SMILES string of the molecule is N#Cc1cc2c(cc1N)CCC2N. The van der Waals surface area contributed by atoms with Gasteiger partial charge in [0.05, 0.1) is 5.56 Å². The minimum Gasteiger partial charge on any atom is -0.398 e. The van der Waals surface area contributed by atoms with Gasteiger partial charge in [0.25, 0.3) is 0 Å². The normalized spacial score (nSPS) is 19.5. The molecule has 0 aliphatic heterocycles. The van der Waals surface area contributed by atoms with Gasteiger partial charge >= 0.3 is 0 Å². The third-order valence-electron chi connectivity index (χ3n) is 2.56. The van der Waals surface area contributed by atoms with E-state index < -0.39 is 0 Å². The first-order chi connectivity index (χ1) is 6.22. The summed E-state index contributed by atoms with van der Waals surface area (Å²) in [6.45, 7) is 0. The van der Waals surface area contributed by atoms with Gasteiger partial charge in [-0.25, -0.2) is 0 Å². The van der Waals surface area contributed by atoms with Crippen LogP contribution in [-0.2, 0) is 6.42 Å². The Morgan fingerprint density at radius 3 is 2.92 bits per heavy atom. The van der Waals surface area contributed by atoms with Crippen molar-refractivity contribution in [1.29, 1.82) is 5.26 Å². The van der Waals surface area contributed by atoms with Gasteiger partial charge in [0.2, 0.25) is 0 Å². The average molecular weight is 173 g/mol. The highest BCUT2D eigenvalue weighted by Crippen LogP contribution is 2.32. The number of anilines is 1. The minimum absolute atomic E-state index is 0.0858. The maximum Gasteiger partial charge on any atom is 0.101 e. The lowest BCUT2D eigenvalue weighted by Gasteiger charge is -2.06. The minimum atomic E-state index is 0.0858. The molecule has 1 aliphatic carbocycles. The van der Waals surface area contributed by atoms with Crippen LogP contribution in [0.2, 0.25) is 0 Å². The zero-order valence-corrected chi connectivity index (χ0v) is 7.25. The van der Waals surface area contributed by atoms with Crippen LogP contribution in [-0.4, -0.2) is 0 Å². The Morgan fingerprint density at radius 2 is 2.23 bits per heavy atom. The molecule has 0 aromatic heterocycles. The van der Waals surface area contributed by atoms with Gasteiger partial charge in [-0.15, -0.1) is 0 Å². The van der Waals surface area contributed by atoms with Crippen LogP contribution >= 0.6 is 0 Å². The van der Waals surface area contributed by atoms with Crippen LogP contribution in [0.3, 0.4) is 0 Å². The monoisotopic (exact) mass is 173 g/mol. The summed E-state index contributed by atoms with van der Waals surface area (Å²) < 4.78 is 0. The second-order valence-electron chi connectivity index (χ2n) is 3.40. The molecular formula is C10H11N3. The highest BCUT2D eigenvalue weighted by Gasteiger charge is 2.20. The molecule has 0 fully saturated rings. The van der Waals surface area contributed by atoms with Gasteiger partial charge in [-0.2, -0.15) is 5.26 Å². The molecule has 2 rings (SSSR count). The Kier molecular flexibility index (Phi) is 1.71. The van der Waals surface area contributed by atoms with Gasteiger partial charge in [-0.1, -0.05) is 0 Å². The summed E-state index contributed by atoms with van der Waals surface area (Å²) in [6, 6.07) is 5.85. The van der Waals surface area contributed by atoms with Gasteiger partial charge < -0.3 is 11.5 Å². The van der Waals surface area contributed by atoms with Crippen molar-refractivity contribution in [2.24, 2.45) is 5.73 Å². The molecule has 0 saturated carbocycles. The van der Waals surface area contributed by atoms with E-state index in [2.05, 4.69) is 6.07 Å². The molecule has 0 spiro atoms. The number of hydrogen-bond acceptors (Lipinski definition) is 3. The number of hydrogen-bond donors (Lipinski definition) is 2. The van der Waals surface area contributed by atoms with Crippen LogP contribution in [0.1, 0.15) is 29.2 Å². The molecule has 3 heteroatoms. The van der Waals surface area contributed by atoms with Crippen LogP contribution in [0, 0.1) is 11.3 Å². The van der Waals surface area contributed by atoms with Crippen molar-refractivity contribution in [3.63, 3.8) is 0 Å². The molecular weight excluding hydrogens is 162 g/mol. The molecule has 13 heavy (non-hydrogen) atoms. The lowest BCUT2D eigenvalue weighted by Crippen LogP contribution is -2.05. The maximum absolute atomic E-state index is 8.77. The average Bonchev–Trinajstić information content (AvgIpc) is 2.46. The number of rotatable bonds is 0. The fourth-order valence-corrected chi connectivity index (χ4v) is 1.81. The number of nitrogen functional groups attached to an aromatic ring is 1. The number of nitriles is 1. The van der Waals surface area contributed by atoms with Crippen LogP contribution in [0.5, 0.6) is 0 Å². The lowest BCUT2D eigenvalue weighted by atomic mass is 10.0. The zero-order valence-electron chi connectivity index (χ0n) is 7.25. The van der Waals surface area contributed by atoms with Gasteiger partial charge in [-0.05, 0) is 36.1 Å². The summed E-state index contributed by atoms with van der Waals surface area (Å²) in [5.74, 6) is 0. The third kappa shape index (κ3) is 1.16. The van der Waals surface area contributed by atoms with Crippen molar-refractivity contribution in [3.05, 3.63) is 28.8 Å². The summed E-state index contributed by atoms with van der Waals surface area (Å²) in [6.07, 6.45) is 1.94. The van der Waals surface area contributed by atoms with Crippen LogP contribution in [0.25, 0.3) is 0 Å². The van der Waals surface area contributed by atoms with Crippen molar-refractivity contribution in [1.82, 2.24) is 0 Å². The van der Waals surface area contributed by atoms with Crippen molar-refractivity contribution in [2.45, 2.75) is 18.9 Å². The van der Waals surface area contributed by atoms with Gasteiger partial charge in [0.1, 0.15) is 6.07 Å². The van der Waals surface area contributed by atoms with E-state index in [1.165, 1.54) is 5.56 Å². The first-order valence-electron chi connectivity index (χ1n) is 4.30. The predicted molar refractivity (Wildman–Crippen MR) is 50.8 cm³/mol. The van der Waals surface area contributed by atoms with Crippen LogP contribution in [0.15, 0.2) is 12.1 Å². The van der Waals surface area contributed by atoms with Crippen molar-refractivity contribution >= 4 is 5.69 Å². The quantitative estimate of drug-likeness (QED) is 0.576. The van der Waals surface area contributed by atoms with Crippen molar-refractivity contribution in [2.75, 3.05) is 5.73 Å². The standard InChI is InChI=1S/C10H11N3/c11-5-7-3-8-6(4-10(7)13)1-2-9(8)12/h3-4,9H,1-2,12-13H2. The Morgan fingerprint density at radius 1 is 1.46 bits per heavy atom. The Bertz CT molecular complexity index is 390. The Hall–Kier alpha value is -1.53. The number of nitrogens with zero attached hydrogens (tertiary/aromatic N) is 1. The molecule has 1 atom stereocenters. The molecule has 1 aromatic rings. The summed E-state index contributed by atoms with van der Waals surface area (Å²) in [5.41, 5.74) is 14.9. The van der Waals surface area contributed by atoms with E-state index in [-0.39, 0.29) is 6.04 Å². The molecule has 1 unspecified atom stereocenters. The fraction of sp³-hybridized carbons (Fsp3) is 0.300. The molecule has 0 amide bonds. The Balaban J connectivity index is 2.59. The Labute approximate surface area is 77.0 Å². The third-order valence-corrected chi connectivity index (χ3v) is 2.56. The molecule has 1 aliphatic rings. The van der Waals surface area contributed by atoms with E-state index in [4.69, 9.17) is 16.7 Å². The fourth-order valence-electron chi connectivity index (χ4n) is 1.81. The summed E-state index contributed by atoms with van der Waals surface area (Å²) >= 11 is 0. The molecule has 1 aromatic carbocycles. The number of benzene rings is 1. The first kappa shape index (κ1) is 8.09.